The van der Waals surface area contributed by atoms with Gasteiger partial charge in [-0.1, -0.05) is 48.5 Å². The van der Waals surface area contributed by atoms with E-state index >= 15 is 0 Å². The molecule has 77 heavy (non-hydrogen) atoms. The minimum absolute atomic E-state index is 0.0214. The smallest absolute Gasteiger partial charge is 0.335 e. The monoisotopic (exact) mass is 1100 g/mol. The Morgan fingerprint density at radius 1 is 0.532 bits per heavy atom. The molecule has 0 aromatic rings. The van der Waals surface area contributed by atoms with Crippen LogP contribution in [0.3, 0.4) is 0 Å². The van der Waals surface area contributed by atoms with E-state index in [9.17, 15) is 71.2 Å². The van der Waals surface area contributed by atoms with E-state index in [0.717, 1.165) is 44.9 Å². The summed E-state index contributed by atoms with van der Waals surface area (Å²) in [7, 11) is 0. The van der Waals surface area contributed by atoms with Crippen LogP contribution in [0.1, 0.15) is 120 Å². The van der Waals surface area contributed by atoms with Gasteiger partial charge in [0.1, 0.15) is 85.5 Å². The highest BCUT2D eigenvalue weighted by atomic mass is 16.8. The first kappa shape index (κ1) is 58.8. The van der Waals surface area contributed by atoms with Crippen LogP contribution in [0.25, 0.3) is 0 Å². The van der Waals surface area contributed by atoms with Crippen molar-refractivity contribution in [3.05, 3.63) is 0 Å². The molecule has 0 radical (unpaired) electrons. The molecule has 13 N–H and O–H groups in total. The lowest BCUT2D eigenvalue weighted by Crippen LogP contribution is -2.74. The predicted octanol–water partition coefficient (Wildman–Crippen LogP) is -1.23. The minimum Gasteiger partial charge on any atom is -0.479 e. The molecule has 2 bridgehead atoms. The highest BCUT2D eigenvalue weighted by Gasteiger charge is 2.80. The first-order valence-corrected chi connectivity index (χ1v) is 28.1. The number of carboxylic acid groups (broad SMARTS) is 1. The third kappa shape index (κ3) is 8.87. The van der Waals surface area contributed by atoms with Crippen molar-refractivity contribution >= 4 is 5.97 Å². The van der Waals surface area contributed by atoms with Gasteiger partial charge in [0, 0.05) is 10.8 Å². The van der Waals surface area contributed by atoms with Gasteiger partial charge >= 0.3 is 5.97 Å². The summed E-state index contributed by atoms with van der Waals surface area (Å²) in [4.78, 5) is 13.2. The Kier molecular flexibility index (Phi) is 15.6. The first-order valence-electron chi connectivity index (χ1n) is 28.1. The molecule has 10 rings (SSSR count). The number of carbonyl (C=O) groups is 1. The molecule has 10 fully saturated rings. The second-order valence-corrected chi connectivity index (χ2v) is 27.1. The van der Waals surface area contributed by atoms with Gasteiger partial charge in [0.15, 0.2) is 31.3 Å². The fourth-order valence-electron chi connectivity index (χ4n) is 17.9. The molecule has 0 amide bonds. The van der Waals surface area contributed by atoms with E-state index in [1.165, 1.54) is 6.92 Å². The van der Waals surface area contributed by atoms with Gasteiger partial charge in [-0.2, -0.15) is 0 Å². The topological polar surface area (TPSA) is 363 Å². The lowest BCUT2D eigenvalue weighted by Gasteiger charge is -2.75. The van der Waals surface area contributed by atoms with Crippen LogP contribution in [-0.2, 0) is 47.4 Å². The maximum atomic E-state index is 13.2. The molecular formula is C54H88O23. The Morgan fingerprint density at radius 3 is 1.75 bits per heavy atom. The standard InChI is InChI=1S/C54H88O23/c1-22-30(58)33(61)36(64)44(70-22)76-41-35(63)32(60)24(20-56)72-46(41)74-39-38(66)40(43(67)68)75-47(42(39)77-45-37(65)34(62)31(59)23(19-55)71-45)73-29-11-12-50(6)25(49(29,4)5)9-13-51(7)26(50)10-14-54-27-17-48(2,3)15-16-53(27,21-69-54)28(57)18-52(51,54)8/h22-42,44-47,55-66H,9-21H2,1-8H3,(H,67,68)/t22-,23+,24+,25?,26?,27?,28+,29-,30-,31+,32-,33+,34-,35-,36+,37+,38-,39-,40-,41+,42+,44-,45-,46-,47+,50-,51+,52-,53+,54-/m0/s1. The summed E-state index contributed by atoms with van der Waals surface area (Å²) in [6.45, 7) is 16.3. The first-order chi connectivity index (χ1) is 36.0. The minimum atomic E-state index is -2.22. The summed E-state index contributed by atoms with van der Waals surface area (Å²) in [6, 6.07) is 0. The van der Waals surface area contributed by atoms with Gasteiger partial charge in [-0.3, -0.25) is 0 Å². The van der Waals surface area contributed by atoms with Gasteiger partial charge in [-0.05, 0) is 111 Å². The molecule has 23 heteroatoms. The average molecular weight is 1110 g/mol. The fraction of sp³-hybridized carbons (Fsp3) is 0.981. The van der Waals surface area contributed by atoms with Gasteiger partial charge in [-0.25, -0.2) is 4.79 Å². The van der Waals surface area contributed by atoms with E-state index in [-0.39, 0.29) is 50.4 Å². The summed E-state index contributed by atoms with van der Waals surface area (Å²) in [5, 5.41) is 143. The van der Waals surface area contributed by atoms with Gasteiger partial charge in [0.25, 0.3) is 0 Å². The molecule has 30 atom stereocenters. The van der Waals surface area contributed by atoms with Crippen molar-refractivity contribution in [1.29, 1.82) is 0 Å². The van der Waals surface area contributed by atoms with Crippen LogP contribution in [0.5, 0.6) is 0 Å². The van der Waals surface area contributed by atoms with Gasteiger partial charge in [0.2, 0.25) is 0 Å². The van der Waals surface area contributed by atoms with Gasteiger partial charge < -0.3 is 109 Å². The molecule has 10 aliphatic rings. The van der Waals surface area contributed by atoms with Crippen LogP contribution >= 0.6 is 0 Å². The highest BCUT2D eigenvalue weighted by molar-refractivity contribution is 5.73. The Labute approximate surface area is 449 Å². The van der Waals surface area contributed by atoms with E-state index < -0.39 is 160 Å². The lowest BCUT2D eigenvalue weighted by atomic mass is 9.30. The number of hydrogen-bond donors (Lipinski definition) is 13. The number of aliphatic carboxylic acids is 1. The SMILES string of the molecule is C[C@@H]1O[C@@H](O[C@H]2[C@H](O[C@H]3[C@H](O)[C@@H](C(=O)O)O[C@@H](O[C@H]4CC[C@@]5(C)C(CC[C@]6(C)C5CC[C@]57OC[C@@]8(CCC(C)(C)CC85)[C@H](O)C[C@]76C)C4(C)C)[C@@H]3O[C@@H]3O[C@H](CO)[C@@H](O)[C@H](O)[C@H]3O)O[C@H](CO)[C@H](O)[C@@H]2O)[C@H](O)[C@H](O)[C@H]1O. The van der Waals surface area contributed by atoms with Gasteiger partial charge in [-0.15, -0.1) is 0 Å². The quantitative estimate of drug-likeness (QED) is 0.108. The third-order valence-corrected chi connectivity index (χ3v) is 22.5. The van der Waals surface area contributed by atoms with Crippen molar-refractivity contribution in [2.75, 3.05) is 19.8 Å². The number of ether oxygens (including phenoxy) is 9. The molecule has 3 unspecified atom stereocenters. The average Bonchev–Trinajstić information content (AvgIpc) is 3.93. The van der Waals surface area contributed by atoms with Crippen molar-refractivity contribution < 1.29 is 114 Å². The van der Waals surface area contributed by atoms with Crippen molar-refractivity contribution in [3.8, 4) is 0 Å². The molecule has 5 aliphatic carbocycles. The number of aliphatic hydroxyl groups is 12. The molecule has 23 nitrogen and oxygen atoms in total. The van der Waals surface area contributed by atoms with Crippen molar-refractivity contribution in [3.63, 3.8) is 0 Å². The number of fused-ring (bicyclic) bond motifs is 4. The van der Waals surface area contributed by atoms with Crippen LogP contribution < -0.4 is 0 Å². The summed E-state index contributed by atoms with van der Waals surface area (Å²) in [5.41, 5.74) is -1.95. The Morgan fingerprint density at radius 2 is 1.10 bits per heavy atom. The number of carboxylic acids is 1. The molecule has 5 saturated carbocycles. The van der Waals surface area contributed by atoms with Crippen LogP contribution in [0.2, 0.25) is 0 Å². The molecule has 5 saturated heterocycles. The fourth-order valence-corrected chi connectivity index (χ4v) is 17.9. The summed E-state index contributed by atoms with van der Waals surface area (Å²) < 4.78 is 56.4. The third-order valence-electron chi connectivity index (χ3n) is 22.5. The molecule has 442 valence electrons. The number of aliphatic hydroxyl groups excluding tert-OH is 12. The van der Waals surface area contributed by atoms with Gasteiger partial charge in [0.05, 0.1) is 43.7 Å². The normalized spacial score (nSPS) is 57.0. The Bertz CT molecular complexity index is 2140. The zero-order valence-electron chi connectivity index (χ0n) is 45.5. The molecule has 0 aromatic carbocycles. The van der Waals surface area contributed by atoms with E-state index in [4.69, 9.17) is 42.6 Å². The highest BCUT2D eigenvalue weighted by Crippen LogP contribution is 2.80. The van der Waals surface area contributed by atoms with Crippen LogP contribution in [0, 0.1) is 50.2 Å². The number of hydrogen-bond acceptors (Lipinski definition) is 22. The summed E-state index contributed by atoms with van der Waals surface area (Å²) in [6.07, 6.45) is -30.0. The van der Waals surface area contributed by atoms with Crippen LogP contribution in [0.15, 0.2) is 0 Å². The largest absolute Gasteiger partial charge is 0.479 e. The zero-order valence-corrected chi connectivity index (χ0v) is 45.5. The van der Waals surface area contributed by atoms with E-state index in [1.54, 1.807) is 0 Å². The maximum absolute atomic E-state index is 13.2. The lowest BCUT2D eigenvalue weighted by molar-refractivity contribution is -0.406. The second kappa shape index (κ2) is 20.5. The second-order valence-electron chi connectivity index (χ2n) is 27.1. The predicted molar refractivity (Wildman–Crippen MR) is 261 cm³/mol. The van der Waals surface area contributed by atoms with E-state index in [1.807, 2.05) is 0 Å². The van der Waals surface area contributed by atoms with Crippen LogP contribution in [0.4, 0.5) is 0 Å². The Hall–Kier alpha value is -1.37. The van der Waals surface area contributed by atoms with Crippen molar-refractivity contribution in [1.82, 2.24) is 0 Å². The molecule has 5 heterocycles. The molecule has 0 aromatic heterocycles. The van der Waals surface area contributed by atoms with E-state index in [0.29, 0.717) is 25.9 Å². The molecule has 1 spiro atoms. The Balaban J connectivity index is 0.969. The zero-order chi connectivity index (χ0) is 56.1. The van der Waals surface area contributed by atoms with Crippen LogP contribution in [-0.4, -0.2) is 233 Å². The molecular weight excluding hydrogens is 1020 g/mol. The number of rotatable bonds is 11. The van der Waals surface area contributed by atoms with Crippen molar-refractivity contribution in [2.24, 2.45) is 50.2 Å². The van der Waals surface area contributed by atoms with E-state index in [2.05, 4.69) is 48.5 Å². The summed E-state index contributed by atoms with van der Waals surface area (Å²) >= 11 is 0. The molecule has 5 aliphatic heterocycles. The maximum Gasteiger partial charge on any atom is 0.335 e. The summed E-state index contributed by atoms with van der Waals surface area (Å²) in [5.74, 6) is -1.19. The van der Waals surface area contributed by atoms with Crippen molar-refractivity contribution in [2.45, 2.75) is 260 Å².